The highest BCUT2D eigenvalue weighted by atomic mass is 16.5. The minimum absolute atomic E-state index is 0.0589. The highest BCUT2D eigenvalue weighted by Gasteiger charge is 2.26. The number of nitrogens with two attached hydrogens (primary N) is 1. The molecule has 4 rings (SSSR count). The number of phenols is 1. The number of ether oxygens (including phenoxy) is 1. The minimum atomic E-state index is -0.339. The van der Waals surface area contributed by atoms with Gasteiger partial charge in [0.1, 0.15) is 11.5 Å². The zero-order valence-corrected chi connectivity index (χ0v) is 21.6. The fourth-order valence-electron chi connectivity index (χ4n) is 4.71. The van der Waals surface area contributed by atoms with Gasteiger partial charge in [0.2, 0.25) is 0 Å². The van der Waals surface area contributed by atoms with Crippen LogP contribution in [-0.4, -0.2) is 55.0 Å². The largest absolute Gasteiger partial charge is 0.508 e. The zero-order chi connectivity index (χ0) is 26.2. The normalized spacial score (nSPS) is 15.1. The second-order valence-electron chi connectivity index (χ2n) is 9.45. The van der Waals surface area contributed by atoms with Crippen LogP contribution >= 0.6 is 0 Å². The van der Waals surface area contributed by atoms with Gasteiger partial charge >= 0.3 is 6.03 Å². The number of hydrogen-bond donors (Lipinski definition) is 3. The number of nitrogens with one attached hydrogen (secondary N) is 1. The van der Waals surface area contributed by atoms with Crippen LogP contribution in [0.15, 0.2) is 78.9 Å². The molecule has 3 aromatic rings. The Morgan fingerprint density at radius 2 is 1.49 bits per heavy atom. The quantitative estimate of drug-likeness (QED) is 0.218. The molecule has 2 atom stereocenters. The summed E-state index contributed by atoms with van der Waals surface area (Å²) in [5, 5.41) is 13.7. The van der Waals surface area contributed by atoms with Crippen LogP contribution in [0.1, 0.15) is 20.3 Å². The zero-order valence-electron chi connectivity index (χ0n) is 21.6. The number of anilines is 3. The van der Waals surface area contributed by atoms with Crippen molar-refractivity contribution in [1.82, 2.24) is 5.01 Å². The summed E-state index contributed by atoms with van der Waals surface area (Å²) >= 11 is 0. The summed E-state index contributed by atoms with van der Waals surface area (Å²) in [7, 11) is 0. The van der Waals surface area contributed by atoms with Gasteiger partial charge < -0.3 is 25.0 Å². The van der Waals surface area contributed by atoms with Crippen LogP contribution in [0.5, 0.6) is 11.5 Å². The van der Waals surface area contributed by atoms with Gasteiger partial charge in [-0.15, -0.1) is 0 Å². The van der Waals surface area contributed by atoms with Gasteiger partial charge in [0, 0.05) is 49.2 Å². The van der Waals surface area contributed by atoms with E-state index in [4.69, 9.17) is 10.6 Å². The van der Waals surface area contributed by atoms with E-state index in [0.29, 0.717) is 12.3 Å². The van der Waals surface area contributed by atoms with Crippen LogP contribution in [0.4, 0.5) is 21.9 Å². The number of hydrazine groups is 1. The molecule has 0 aromatic heterocycles. The molecule has 196 valence electrons. The maximum absolute atomic E-state index is 12.9. The number of hydrogen-bond acceptors (Lipinski definition) is 6. The number of carbonyl (C=O) groups excluding carboxylic acids is 1. The molecule has 1 aliphatic rings. The highest BCUT2D eigenvalue weighted by Crippen LogP contribution is 2.24. The van der Waals surface area contributed by atoms with Crippen LogP contribution < -0.4 is 25.7 Å². The van der Waals surface area contributed by atoms with E-state index in [1.807, 2.05) is 80.6 Å². The van der Waals surface area contributed by atoms with Crippen molar-refractivity contribution in [1.29, 1.82) is 0 Å². The molecule has 8 heteroatoms. The smallest absolute Gasteiger partial charge is 0.336 e. The second kappa shape index (κ2) is 12.4. The van der Waals surface area contributed by atoms with E-state index in [0.717, 1.165) is 49.7 Å². The number of nitrogens with zero attached hydrogens (tertiary/aromatic N) is 3. The molecule has 4 N–H and O–H groups in total. The third kappa shape index (κ3) is 6.86. The molecule has 0 saturated carbocycles. The Labute approximate surface area is 219 Å². The van der Waals surface area contributed by atoms with Crippen LogP contribution in [-0.2, 0) is 0 Å². The molecule has 0 spiro atoms. The monoisotopic (exact) mass is 503 g/mol. The van der Waals surface area contributed by atoms with Crippen LogP contribution in [0.3, 0.4) is 0 Å². The second-order valence-corrected chi connectivity index (χ2v) is 9.45. The van der Waals surface area contributed by atoms with Crippen molar-refractivity contribution >= 4 is 23.1 Å². The van der Waals surface area contributed by atoms with Crippen LogP contribution in [0, 0.1) is 5.92 Å². The average Bonchev–Trinajstić information content (AvgIpc) is 2.94. The van der Waals surface area contributed by atoms with Gasteiger partial charge in [-0.1, -0.05) is 32.0 Å². The lowest BCUT2D eigenvalue weighted by molar-refractivity contribution is 0.132. The lowest BCUT2D eigenvalue weighted by Crippen LogP contribution is -2.51. The summed E-state index contributed by atoms with van der Waals surface area (Å²) in [6.07, 6.45) is 0.721. The number of piperazine rings is 1. The number of carbonyl (C=O) groups is 1. The number of amides is 2. The summed E-state index contributed by atoms with van der Waals surface area (Å²) in [5.74, 6) is 7.39. The number of phenolic OH excluding ortho intramolecular Hbond substituents is 1. The number of aromatic hydroxyl groups is 1. The summed E-state index contributed by atoms with van der Waals surface area (Å²) in [6.45, 7) is 8.12. The fraction of sp³-hybridized carbons (Fsp3) is 0.345. The maximum Gasteiger partial charge on any atom is 0.336 e. The van der Waals surface area contributed by atoms with E-state index in [1.54, 1.807) is 12.1 Å². The van der Waals surface area contributed by atoms with Gasteiger partial charge in [0.15, 0.2) is 0 Å². The lowest BCUT2D eigenvalue weighted by Gasteiger charge is -2.37. The highest BCUT2D eigenvalue weighted by molar-refractivity contribution is 5.89. The first-order chi connectivity index (χ1) is 17.9. The van der Waals surface area contributed by atoms with Crippen LogP contribution in [0.2, 0.25) is 0 Å². The molecule has 3 aromatic carbocycles. The van der Waals surface area contributed by atoms with Crippen molar-refractivity contribution in [2.45, 2.75) is 26.3 Å². The van der Waals surface area contributed by atoms with Gasteiger partial charge in [0.05, 0.1) is 12.6 Å². The van der Waals surface area contributed by atoms with E-state index in [2.05, 4.69) is 15.1 Å². The number of para-hydroxylation sites is 1. The average molecular weight is 504 g/mol. The van der Waals surface area contributed by atoms with E-state index < -0.39 is 0 Å². The van der Waals surface area contributed by atoms with Crippen molar-refractivity contribution in [3.05, 3.63) is 78.9 Å². The van der Waals surface area contributed by atoms with Crippen molar-refractivity contribution in [3.8, 4) is 11.5 Å². The van der Waals surface area contributed by atoms with Gasteiger partial charge in [-0.2, -0.15) is 0 Å². The number of urea groups is 1. The fourth-order valence-corrected chi connectivity index (χ4v) is 4.71. The molecule has 1 heterocycles. The first-order valence-electron chi connectivity index (χ1n) is 12.9. The molecular formula is C29H37N5O3. The molecule has 37 heavy (non-hydrogen) atoms. The van der Waals surface area contributed by atoms with Crippen molar-refractivity contribution < 1.29 is 14.6 Å². The number of rotatable bonds is 9. The van der Waals surface area contributed by atoms with E-state index >= 15 is 0 Å². The Bertz CT molecular complexity index is 1120. The Morgan fingerprint density at radius 1 is 0.946 bits per heavy atom. The molecular weight excluding hydrogens is 466 g/mol. The first kappa shape index (κ1) is 26.2. The molecule has 1 saturated heterocycles. The number of benzene rings is 3. The molecule has 0 aliphatic carbocycles. The Morgan fingerprint density at radius 3 is 2.03 bits per heavy atom. The van der Waals surface area contributed by atoms with Crippen molar-refractivity contribution in [2.75, 3.05) is 47.9 Å². The third-order valence-corrected chi connectivity index (χ3v) is 6.90. The predicted octanol–water partition coefficient (Wildman–Crippen LogP) is 4.92. The first-order valence-corrected chi connectivity index (χ1v) is 12.9. The Balaban J connectivity index is 1.27. The molecule has 0 unspecified atom stereocenters. The molecule has 0 radical (unpaired) electrons. The topological polar surface area (TPSA) is 94.3 Å². The van der Waals surface area contributed by atoms with Crippen LogP contribution in [0.25, 0.3) is 0 Å². The summed E-state index contributed by atoms with van der Waals surface area (Å²) < 4.78 is 5.87. The van der Waals surface area contributed by atoms with Gasteiger partial charge in [-0.05, 0) is 67.1 Å². The molecule has 0 bridgehead atoms. The standard InChI is InChI=1S/C29H37N5O3/c1-3-28(22(2)21-37-27-7-5-4-6-8-27)34(30)29(36)31-23-9-11-24(12-10-23)32-17-19-33(20-18-32)25-13-15-26(35)16-14-25/h4-16,22,28,35H,3,17-21,30H2,1-2H3,(H,31,36)/t22-,28+/m1/s1. The van der Waals surface area contributed by atoms with Gasteiger partial charge in [-0.25, -0.2) is 10.6 Å². The molecule has 1 aliphatic heterocycles. The van der Waals surface area contributed by atoms with E-state index in [-0.39, 0.29) is 23.7 Å². The Hall–Kier alpha value is -3.91. The van der Waals surface area contributed by atoms with E-state index in [1.165, 1.54) is 5.01 Å². The Kier molecular flexibility index (Phi) is 8.74. The third-order valence-electron chi connectivity index (χ3n) is 6.90. The molecule has 1 fully saturated rings. The van der Waals surface area contributed by atoms with Gasteiger partial charge in [0.25, 0.3) is 0 Å². The minimum Gasteiger partial charge on any atom is -0.508 e. The summed E-state index contributed by atoms with van der Waals surface area (Å²) in [6, 6.07) is 24.4. The van der Waals surface area contributed by atoms with E-state index in [9.17, 15) is 9.90 Å². The SMILES string of the molecule is CC[C@@H]([C@H](C)COc1ccccc1)N(N)C(=O)Nc1ccc(N2CCN(c3ccc(O)cc3)CC2)cc1. The van der Waals surface area contributed by atoms with Crippen molar-refractivity contribution in [3.63, 3.8) is 0 Å². The maximum atomic E-state index is 12.9. The molecule has 8 nitrogen and oxygen atoms in total. The van der Waals surface area contributed by atoms with Gasteiger partial charge in [-0.3, -0.25) is 5.01 Å². The van der Waals surface area contributed by atoms with Crippen molar-refractivity contribution in [2.24, 2.45) is 11.8 Å². The predicted molar refractivity (Wildman–Crippen MR) is 149 cm³/mol. The lowest BCUT2D eigenvalue weighted by atomic mass is 10.00. The molecule has 2 amide bonds. The summed E-state index contributed by atoms with van der Waals surface area (Å²) in [4.78, 5) is 17.5. The summed E-state index contributed by atoms with van der Waals surface area (Å²) in [5.41, 5.74) is 2.94.